The van der Waals surface area contributed by atoms with Gasteiger partial charge in [0.1, 0.15) is 0 Å². The molecule has 0 fully saturated rings. The van der Waals surface area contributed by atoms with Crippen molar-refractivity contribution >= 4 is 11.6 Å². The number of hydrogen-bond acceptors (Lipinski definition) is 2. The van der Waals surface area contributed by atoms with Crippen LogP contribution < -0.4 is 5.73 Å². The minimum Gasteiger partial charge on any atom is -0.392 e. The van der Waals surface area contributed by atoms with Gasteiger partial charge in [-0.05, 0) is 24.1 Å². The number of aliphatic hydroxyl groups excluding tert-OH is 1. The monoisotopic (exact) mass is 213 g/mol. The second kappa shape index (κ2) is 5.35. The molecule has 0 bridgehead atoms. The Morgan fingerprint density at radius 1 is 1.50 bits per heavy atom. The van der Waals surface area contributed by atoms with E-state index in [1.165, 1.54) is 0 Å². The van der Waals surface area contributed by atoms with Gasteiger partial charge in [0, 0.05) is 17.5 Å². The first kappa shape index (κ1) is 11.5. The quantitative estimate of drug-likeness (QED) is 0.805. The van der Waals surface area contributed by atoms with E-state index in [1.807, 2.05) is 31.2 Å². The molecular formula is C11H16ClNO. The topological polar surface area (TPSA) is 46.2 Å². The van der Waals surface area contributed by atoms with E-state index >= 15 is 0 Å². The summed E-state index contributed by atoms with van der Waals surface area (Å²) in [6, 6.07) is 7.50. The van der Waals surface area contributed by atoms with Crippen LogP contribution in [-0.4, -0.2) is 17.8 Å². The van der Waals surface area contributed by atoms with Crippen molar-refractivity contribution in [3.05, 3.63) is 34.9 Å². The molecule has 0 radical (unpaired) electrons. The van der Waals surface area contributed by atoms with Gasteiger partial charge in [-0.25, -0.2) is 0 Å². The van der Waals surface area contributed by atoms with Gasteiger partial charge in [0.15, 0.2) is 0 Å². The van der Waals surface area contributed by atoms with Gasteiger partial charge in [-0.1, -0.05) is 30.7 Å². The summed E-state index contributed by atoms with van der Waals surface area (Å²) in [5.74, 6) is -0.0151. The Kier molecular flexibility index (Phi) is 4.39. The van der Waals surface area contributed by atoms with Gasteiger partial charge in [-0.3, -0.25) is 0 Å². The van der Waals surface area contributed by atoms with Crippen LogP contribution in [0.1, 0.15) is 24.8 Å². The Morgan fingerprint density at radius 2 is 2.21 bits per heavy atom. The van der Waals surface area contributed by atoms with Crippen molar-refractivity contribution in [3.8, 4) is 0 Å². The molecule has 0 aliphatic heterocycles. The molecule has 0 aliphatic rings. The highest BCUT2D eigenvalue weighted by molar-refractivity contribution is 6.30. The lowest BCUT2D eigenvalue weighted by molar-refractivity contribution is 0.141. The molecule has 2 unspecified atom stereocenters. The minimum absolute atomic E-state index is 0.0151. The Labute approximate surface area is 89.7 Å². The third kappa shape index (κ3) is 2.71. The maximum atomic E-state index is 9.74. The summed E-state index contributed by atoms with van der Waals surface area (Å²) in [6.45, 7) is 2.38. The van der Waals surface area contributed by atoms with E-state index in [4.69, 9.17) is 17.3 Å². The summed E-state index contributed by atoms with van der Waals surface area (Å²) < 4.78 is 0. The number of aliphatic hydroxyl groups is 1. The third-order valence-electron chi connectivity index (χ3n) is 2.41. The number of nitrogens with two attached hydrogens (primary N) is 1. The molecule has 1 rings (SSSR count). The van der Waals surface area contributed by atoms with Crippen LogP contribution in [0.2, 0.25) is 5.02 Å². The number of rotatable bonds is 4. The average Bonchev–Trinajstić information content (AvgIpc) is 2.19. The lowest BCUT2D eigenvalue weighted by atomic mass is 9.92. The van der Waals surface area contributed by atoms with E-state index < -0.39 is 6.10 Å². The molecule has 2 atom stereocenters. The Hall–Kier alpha value is -0.570. The summed E-state index contributed by atoms with van der Waals surface area (Å²) in [4.78, 5) is 0. The lowest BCUT2D eigenvalue weighted by Crippen LogP contribution is -2.25. The molecule has 0 saturated heterocycles. The summed E-state index contributed by atoms with van der Waals surface area (Å²) >= 11 is 5.87. The summed E-state index contributed by atoms with van der Waals surface area (Å²) in [7, 11) is 0. The molecule has 0 spiro atoms. The fourth-order valence-corrected chi connectivity index (χ4v) is 1.74. The molecule has 0 heterocycles. The van der Waals surface area contributed by atoms with Crippen LogP contribution in [0, 0.1) is 0 Å². The summed E-state index contributed by atoms with van der Waals surface area (Å²) in [6.07, 6.45) is 0.312. The van der Waals surface area contributed by atoms with Crippen molar-refractivity contribution in [2.75, 3.05) is 6.54 Å². The second-order valence-electron chi connectivity index (χ2n) is 3.37. The first-order valence-corrected chi connectivity index (χ1v) is 5.20. The predicted molar refractivity (Wildman–Crippen MR) is 59.5 cm³/mol. The molecule has 0 amide bonds. The van der Waals surface area contributed by atoms with E-state index in [2.05, 4.69) is 0 Å². The zero-order chi connectivity index (χ0) is 10.6. The van der Waals surface area contributed by atoms with Crippen molar-refractivity contribution in [1.29, 1.82) is 0 Å². The Bertz CT molecular complexity index is 290. The van der Waals surface area contributed by atoms with Crippen molar-refractivity contribution in [3.63, 3.8) is 0 Å². The molecule has 14 heavy (non-hydrogen) atoms. The molecule has 0 aliphatic carbocycles. The molecule has 0 saturated carbocycles. The van der Waals surface area contributed by atoms with Crippen LogP contribution >= 0.6 is 11.6 Å². The highest BCUT2D eigenvalue weighted by atomic mass is 35.5. The van der Waals surface area contributed by atoms with Crippen LogP contribution in [-0.2, 0) is 0 Å². The molecule has 3 heteroatoms. The van der Waals surface area contributed by atoms with Crippen LogP contribution in [0.3, 0.4) is 0 Å². The van der Waals surface area contributed by atoms with E-state index in [0.717, 1.165) is 5.56 Å². The van der Waals surface area contributed by atoms with Crippen LogP contribution in [0.5, 0.6) is 0 Å². The van der Waals surface area contributed by atoms with Gasteiger partial charge in [0.2, 0.25) is 0 Å². The highest BCUT2D eigenvalue weighted by Gasteiger charge is 2.17. The van der Waals surface area contributed by atoms with Crippen molar-refractivity contribution in [1.82, 2.24) is 0 Å². The first-order valence-electron chi connectivity index (χ1n) is 4.82. The molecule has 1 aromatic rings. The van der Waals surface area contributed by atoms with Crippen molar-refractivity contribution < 1.29 is 5.11 Å². The maximum Gasteiger partial charge on any atom is 0.0618 e. The van der Waals surface area contributed by atoms with E-state index in [1.54, 1.807) is 0 Å². The largest absolute Gasteiger partial charge is 0.392 e. The van der Waals surface area contributed by atoms with Gasteiger partial charge in [-0.2, -0.15) is 0 Å². The molecule has 0 aromatic heterocycles. The molecule has 78 valence electrons. The summed E-state index contributed by atoms with van der Waals surface area (Å²) in [5.41, 5.74) is 6.64. The van der Waals surface area contributed by atoms with E-state index in [-0.39, 0.29) is 5.92 Å². The van der Waals surface area contributed by atoms with E-state index in [9.17, 15) is 5.11 Å². The zero-order valence-electron chi connectivity index (χ0n) is 8.28. The van der Waals surface area contributed by atoms with Gasteiger partial charge >= 0.3 is 0 Å². The Balaban J connectivity index is 2.89. The second-order valence-corrected chi connectivity index (χ2v) is 3.81. The number of halogens is 1. The van der Waals surface area contributed by atoms with Gasteiger partial charge < -0.3 is 10.8 Å². The van der Waals surface area contributed by atoms with Crippen LogP contribution in [0.4, 0.5) is 0 Å². The van der Waals surface area contributed by atoms with Crippen LogP contribution in [0.25, 0.3) is 0 Å². The smallest absolute Gasteiger partial charge is 0.0618 e. The molecular weight excluding hydrogens is 198 g/mol. The lowest BCUT2D eigenvalue weighted by Gasteiger charge is -2.20. The number of benzene rings is 1. The SMILES string of the molecule is CCC(O)C(CN)c1cccc(Cl)c1. The minimum atomic E-state index is -0.390. The third-order valence-corrected chi connectivity index (χ3v) is 2.65. The average molecular weight is 214 g/mol. The fraction of sp³-hybridized carbons (Fsp3) is 0.455. The standard InChI is InChI=1S/C11H16ClNO/c1-2-11(14)10(7-13)8-4-3-5-9(12)6-8/h3-6,10-11,14H,2,7,13H2,1H3. The van der Waals surface area contributed by atoms with Crippen LogP contribution in [0.15, 0.2) is 24.3 Å². The first-order chi connectivity index (χ1) is 6.69. The van der Waals surface area contributed by atoms with Gasteiger partial charge in [0.05, 0.1) is 6.10 Å². The predicted octanol–water partition coefficient (Wildman–Crippen LogP) is 2.15. The van der Waals surface area contributed by atoms with Gasteiger partial charge in [0.25, 0.3) is 0 Å². The molecule has 3 N–H and O–H groups in total. The van der Waals surface area contributed by atoms with Crippen molar-refractivity contribution in [2.24, 2.45) is 5.73 Å². The molecule has 1 aromatic carbocycles. The zero-order valence-corrected chi connectivity index (χ0v) is 9.04. The number of hydrogen-bond donors (Lipinski definition) is 2. The fourth-order valence-electron chi connectivity index (χ4n) is 1.54. The highest BCUT2D eigenvalue weighted by Crippen LogP contribution is 2.23. The Morgan fingerprint density at radius 3 is 2.71 bits per heavy atom. The van der Waals surface area contributed by atoms with E-state index in [0.29, 0.717) is 18.0 Å². The summed E-state index contributed by atoms with van der Waals surface area (Å²) in [5, 5.41) is 10.4. The van der Waals surface area contributed by atoms with Gasteiger partial charge in [-0.15, -0.1) is 0 Å². The van der Waals surface area contributed by atoms with Crippen molar-refractivity contribution in [2.45, 2.75) is 25.4 Å². The molecule has 2 nitrogen and oxygen atoms in total. The normalized spacial score (nSPS) is 15.1. The maximum absolute atomic E-state index is 9.74.